The third-order valence-corrected chi connectivity index (χ3v) is 7.65. The van der Waals surface area contributed by atoms with E-state index < -0.39 is 12.0 Å². The number of aromatic amines is 1. The molecule has 3 aliphatic rings. The summed E-state index contributed by atoms with van der Waals surface area (Å²) in [7, 11) is 1.44. The molecule has 1 saturated carbocycles. The van der Waals surface area contributed by atoms with E-state index in [0.717, 1.165) is 32.4 Å². The molecule has 5 rings (SSSR count). The molecule has 1 aromatic carbocycles. The van der Waals surface area contributed by atoms with Crippen molar-refractivity contribution in [2.45, 2.75) is 44.8 Å². The highest BCUT2D eigenvalue weighted by atomic mass is 16.5. The monoisotopic (exact) mass is 368 g/mol. The molecule has 0 spiro atoms. The van der Waals surface area contributed by atoms with Gasteiger partial charge in [-0.1, -0.05) is 25.1 Å². The second kappa shape index (κ2) is 6.08. The van der Waals surface area contributed by atoms with Gasteiger partial charge in [0, 0.05) is 29.7 Å². The van der Waals surface area contributed by atoms with Crippen LogP contribution in [-0.2, 0) is 16.0 Å². The molecular weight excluding hydrogens is 340 g/mol. The first-order valence-electron chi connectivity index (χ1n) is 10.1. The van der Waals surface area contributed by atoms with E-state index >= 15 is 0 Å². The van der Waals surface area contributed by atoms with Crippen molar-refractivity contribution in [3.63, 3.8) is 0 Å². The smallest absolute Gasteiger partial charge is 0.311 e. The zero-order valence-electron chi connectivity index (χ0n) is 16.1. The maximum atomic E-state index is 12.6. The van der Waals surface area contributed by atoms with Crippen molar-refractivity contribution in [1.29, 1.82) is 0 Å². The number of benzene rings is 1. The number of piperidine rings is 1. The van der Waals surface area contributed by atoms with Crippen molar-refractivity contribution in [3.8, 4) is 0 Å². The molecule has 27 heavy (non-hydrogen) atoms. The number of methoxy groups -OCH3 is 1. The van der Waals surface area contributed by atoms with Crippen LogP contribution in [0.5, 0.6) is 0 Å². The number of aromatic nitrogens is 1. The second-order valence-electron chi connectivity index (χ2n) is 8.88. The number of para-hydroxylation sites is 1. The van der Waals surface area contributed by atoms with Gasteiger partial charge in [-0.25, -0.2) is 0 Å². The Hall–Kier alpha value is -1.85. The van der Waals surface area contributed by atoms with Crippen LogP contribution in [0.4, 0.5) is 0 Å². The molecule has 0 amide bonds. The van der Waals surface area contributed by atoms with Gasteiger partial charge in [0.05, 0.1) is 25.2 Å². The number of carbonyl (C=O) groups excluding carboxylic acids is 1. The fourth-order valence-electron chi connectivity index (χ4n) is 6.23. The summed E-state index contributed by atoms with van der Waals surface area (Å²) in [4.78, 5) is 18.9. The Balaban J connectivity index is 1.57. The molecule has 3 heterocycles. The summed E-state index contributed by atoms with van der Waals surface area (Å²) < 4.78 is 5.11. The second-order valence-corrected chi connectivity index (χ2v) is 8.88. The number of aliphatic hydroxyl groups is 1. The number of esters is 1. The number of rotatable bonds is 1. The summed E-state index contributed by atoms with van der Waals surface area (Å²) in [6.07, 6.45) is 3.02. The van der Waals surface area contributed by atoms with Crippen molar-refractivity contribution in [2.75, 3.05) is 20.2 Å². The standard InChI is InChI=1S/C22H28N2O3/c1-22-11-17-20-15(14-5-3-4-6-16(14)23-20)9-10-24(17)12-13(22)7-8-18(25)19(22)21(26)27-2/h3-6,13,17-19,23,25H,7-12H2,1-2H3/t13-,17+,18+,19-,22+/m1/s1. The largest absolute Gasteiger partial charge is 0.469 e. The molecular formula is C22H28N2O3. The Kier molecular flexibility index (Phi) is 3.89. The van der Waals surface area contributed by atoms with E-state index in [4.69, 9.17) is 4.74 Å². The van der Waals surface area contributed by atoms with E-state index in [1.54, 1.807) is 0 Å². The van der Waals surface area contributed by atoms with Crippen molar-refractivity contribution >= 4 is 16.9 Å². The highest BCUT2D eigenvalue weighted by molar-refractivity contribution is 5.85. The topological polar surface area (TPSA) is 65.6 Å². The molecule has 2 aliphatic heterocycles. The van der Waals surface area contributed by atoms with Crippen LogP contribution in [0.25, 0.3) is 10.9 Å². The van der Waals surface area contributed by atoms with Crippen molar-refractivity contribution in [1.82, 2.24) is 9.88 Å². The zero-order valence-corrected chi connectivity index (χ0v) is 16.1. The van der Waals surface area contributed by atoms with E-state index in [1.807, 2.05) is 0 Å². The minimum atomic E-state index is -0.601. The predicted octanol–water partition coefficient (Wildman–Crippen LogP) is 3.04. The Morgan fingerprint density at radius 2 is 2.15 bits per heavy atom. The number of fused-ring (bicyclic) bond motifs is 6. The van der Waals surface area contributed by atoms with Crippen LogP contribution in [0.15, 0.2) is 24.3 Å². The van der Waals surface area contributed by atoms with Crippen LogP contribution in [0.3, 0.4) is 0 Å². The number of ether oxygens (including phenoxy) is 1. The number of nitrogens with one attached hydrogen (secondary N) is 1. The first kappa shape index (κ1) is 17.3. The van der Waals surface area contributed by atoms with Crippen molar-refractivity contribution in [2.24, 2.45) is 17.3 Å². The Morgan fingerprint density at radius 1 is 1.33 bits per heavy atom. The normalized spacial score (nSPS) is 36.0. The number of aliphatic hydroxyl groups excluding tert-OH is 1. The van der Waals surface area contributed by atoms with Crippen LogP contribution in [0.1, 0.15) is 43.5 Å². The number of H-pyrrole nitrogens is 1. The summed E-state index contributed by atoms with van der Waals surface area (Å²) in [6, 6.07) is 8.80. The third-order valence-electron chi connectivity index (χ3n) is 7.65. The lowest BCUT2D eigenvalue weighted by atomic mass is 9.55. The molecule has 5 atom stereocenters. The molecule has 1 saturated heterocycles. The van der Waals surface area contributed by atoms with Gasteiger partial charge in [0.1, 0.15) is 0 Å². The molecule has 2 fully saturated rings. The lowest BCUT2D eigenvalue weighted by Gasteiger charge is -2.57. The lowest BCUT2D eigenvalue weighted by Crippen LogP contribution is -2.58. The highest BCUT2D eigenvalue weighted by Crippen LogP contribution is 2.56. The summed E-state index contributed by atoms with van der Waals surface area (Å²) in [5, 5.41) is 12.0. The van der Waals surface area contributed by atoms with E-state index in [-0.39, 0.29) is 17.4 Å². The lowest BCUT2D eigenvalue weighted by molar-refractivity contribution is -0.173. The molecule has 0 radical (unpaired) electrons. The van der Waals surface area contributed by atoms with Gasteiger partial charge >= 0.3 is 5.97 Å². The van der Waals surface area contributed by atoms with Gasteiger partial charge in [-0.2, -0.15) is 0 Å². The average molecular weight is 368 g/mol. The molecule has 2 aromatic rings. The number of carbonyl (C=O) groups is 1. The van der Waals surface area contributed by atoms with Crippen LogP contribution >= 0.6 is 0 Å². The minimum Gasteiger partial charge on any atom is -0.469 e. The van der Waals surface area contributed by atoms with Gasteiger partial charge in [-0.05, 0) is 48.6 Å². The van der Waals surface area contributed by atoms with Crippen LogP contribution in [-0.4, -0.2) is 47.3 Å². The fraction of sp³-hybridized carbons (Fsp3) is 0.591. The van der Waals surface area contributed by atoms with E-state index in [1.165, 1.54) is 29.3 Å². The summed E-state index contributed by atoms with van der Waals surface area (Å²) >= 11 is 0. The average Bonchev–Trinajstić information content (AvgIpc) is 3.05. The van der Waals surface area contributed by atoms with Gasteiger partial charge in [-0.15, -0.1) is 0 Å². The predicted molar refractivity (Wildman–Crippen MR) is 103 cm³/mol. The van der Waals surface area contributed by atoms with E-state index in [2.05, 4.69) is 41.1 Å². The maximum absolute atomic E-state index is 12.6. The maximum Gasteiger partial charge on any atom is 0.311 e. The van der Waals surface area contributed by atoms with Gasteiger partial charge in [0.25, 0.3) is 0 Å². The number of hydrogen-bond donors (Lipinski definition) is 2. The zero-order chi connectivity index (χ0) is 18.8. The number of nitrogens with zero attached hydrogens (tertiary/aromatic N) is 1. The summed E-state index contributed by atoms with van der Waals surface area (Å²) in [5.74, 6) is -0.263. The molecule has 0 unspecified atom stereocenters. The highest BCUT2D eigenvalue weighted by Gasteiger charge is 2.56. The summed E-state index contributed by atoms with van der Waals surface area (Å²) in [5.41, 5.74) is 3.70. The first-order valence-corrected chi connectivity index (χ1v) is 10.1. The molecule has 5 nitrogen and oxygen atoms in total. The summed E-state index contributed by atoms with van der Waals surface area (Å²) in [6.45, 7) is 4.27. The molecule has 5 heteroatoms. The quantitative estimate of drug-likeness (QED) is 0.760. The Bertz CT molecular complexity index is 891. The van der Waals surface area contributed by atoms with Crippen LogP contribution < -0.4 is 0 Å². The van der Waals surface area contributed by atoms with Gasteiger partial charge in [-0.3, -0.25) is 9.69 Å². The van der Waals surface area contributed by atoms with Crippen LogP contribution in [0, 0.1) is 17.3 Å². The Morgan fingerprint density at radius 3 is 2.96 bits per heavy atom. The molecule has 1 aromatic heterocycles. The molecule has 2 N–H and O–H groups in total. The Labute approximate surface area is 159 Å². The SMILES string of the molecule is COC(=O)[C@H]1[C@@H](O)CC[C@@H]2CN3CCc4c([nH]c5ccccc45)[C@@H]3C[C@@]21C. The fourth-order valence-corrected chi connectivity index (χ4v) is 6.23. The van der Waals surface area contributed by atoms with Crippen molar-refractivity contribution in [3.05, 3.63) is 35.5 Å². The third kappa shape index (κ3) is 2.41. The molecule has 0 bridgehead atoms. The van der Waals surface area contributed by atoms with E-state index in [0.29, 0.717) is 12.3 Å². The first-order chi connectivity index (χ1) is 13.0. The van der Waals surface area contributed by atoms with Crippen LogP contribution in [0.2, 0.25) is 0 Å². The molecule has 1 aliphatic carbocycles. The number of hydrogen-bond acceptors (Lipinski definition) is 4. The van der Waals surface area contributed by atoms with Gasteiger partial charge in [0.15, 0.2) is 0 Å². The van der Waals surface area contributed by atoms with E-state index in [9.17, 15) is 9.90 Å². The van der Waals surface area contributed by atoms with Gasteiger partial charge in [0.2, 0.25) is 0 Å². The van der Waals surface area contributed by atoms with Crippen molar-refractivity contribution < 1.29 is 14.6 Å². The van der Waals surface area contributed by atoms with Gasteiger partial charge < -0.3 is 14.8 Å². The molecule has 144 valence electrons. The minimum absolute atomic E-state index is 0.238.